The highest BCUT2D eigenvalue weighted by Crippen LogP contribution is 2.31. The van der Waals surface area contributed by atoms with E-state index >= 15 is 0 Å². The van der Waals surface area contributed by atoms with E-state index in [1.165, 1.54) is 5.56 Å². The van der Waals surface area contributed by atoms with Gasteiger partial charge in [0.15, 0.2) is 0 Å². The number of hydrogen-bond acceptors (Lipinski definition) is 7. The van der Waals surface area contributed by atoms with E-state index < -0.39 is 0 Å². The average molecular weight is 449 g/mol. The quantitative estimate of drug-likeness (QED) is 0.594. The molecule has 3 heterocycles. The number of ether oxygens (including phenoxy) is 2. The number of carbonyl (C=O) groups is 1. The third-order valence-electron chi connectivity index (χ3n) is 6.34. The summed E-state index contributed by atoms with van der Waals surface area (Å²) < 4.78 is 16.6. The Labute approximate surface area is 193 Å². The minimum Gasteiger partial charge on any atom is -0.497 e. The second kappa shape index (κ2) is 9.23. The highest BCUT2D eigenvalue weighted by Gasteiger charge is 2.32. The summed E-state index contributed by atoms with van der Waals surface area (Å²) in [6.45, 7) is 5.95. The number of carbonyl (C=O) groups excluding carboxylic acids is 1. The number of benzene rings is 2. The zero-order chi connectivity index (χ0) is 22.8. The van der Waals surface area contributed by atoms with E-state index in [1.54, 1.807) is 7.11 Å². The number of methoxy groups -OCH3 is 1. The van der Waals surface area contributed by atoms with Gasteiger partial charge < -0.3 is 18.9 Å². The lowest BCUT2D eigenvalue weighted by Crippen LogP contribution is -2.51. The molecule has 0 spiro atoms. The molecule has 1 saturated heterocycles. The summed E-state index contributed by atoms with van der Waals surface area (Å²) in [7, 11) is 1.64. The largest absolute Gasteiger partial charge is 0.497 e. The highest BCUT2D eigenvalue weighted by molar-refractivity contribution is 5.80. The van der Waals surface area contributed by atoms with Crippen LogP contribution in [0.4, 0.5) is 0 Å². The van der Waals surface area contributed by atoms with Crippen molar-refractivity contribution in [1.82, 2.24) is 19.9 Å². The molecular weight excluding hydrogens is 420 g/mol. The Kier molecular flexibility index (Phi) is 6.00. The van der Waals surface area contributed by atoms with Gasteiger partial charge in [0.1, 0.15) is 18.1 Å². The van der Waals surface area contributed by atoms with Crippen LogP contribution >= 0.6 is 0 Å². The van der Waals surface area contributed by atoms with Gasteiger partial charge in [0.25, 0.3) is 0 Å². The van der Waals surface area contributed by atoms with Crippen molar-refractivity contribution in [1.29, 1.82) is 0 Å². The van der Waals surface area contributed by atoms with Crippen molar-refractivity contribution in [2.75, 3.05) is 39.9 Å². The van der Waals surface area contributed by atoms with E-state index in [4.69, 9.17) is 14.0 Å². The van der Waals surface area contributed by atoms with E-state index in [2.05, 4.69) is 15.0 Å². The molecule has 0 N–H and O–H groups in total. The van der Waals surface area contributed by atoms with Gasteiger partial charge in [-0.25, -0.2) is 0 Å². The lowest BCUT2D eigenvalue weighted by molar-refractivity contribution is -0.138. The molecule has 0 saturated carbocycles. The Morgan fingerprint density at radius 1 is 1.12 bits per heavy atom. The number of nitrogens with zero attached hydrogens (tertiary/aromatic N) is 4. The standard InChI is InChI=1S/C25H28N4O4/c1-17-3-5-18(6-4-17)24-26-23(33-27-24)15-28-9-11-29(12-10-28)25(30)20-13-19-14-21(31-2)7-8-22(19)32-16-20/h3-8,14,20H,9-13,15-16H2,1-2H3. The number of piperazine rings is 1. The van der Waals surface area contributed by atoms with E-state index in [9.17, 15) is 4.79 Å². The molecule has 0 radical (unpaired) electrons. The molecule has 8 heteroatoms. The van der Waals surface area contributed by atoms with Gasteiger partial charge in [0, 0.05) is 31.7 Å². The van der Waals surface area contributed by atoms with Gasteiger partial charge in [-0.2, -0.15) is 4.98 Å². The summed E-state index contributed by atoms with van der Waals surface area (Å²) in [5.41, 5.74) is 3.16. The number of aromatic nitrogens is 2. The van der Waals surface area contributed by atoms with E-state index in [1.807, 2.05) is 54.3 Å². The van der Waals surface area contributed by atoms with Crippen molar-refractivity contribution in [2.24, 2.45) is 5.92 Å². The third-order valence-corrected chi connectivity index (χ3v) is 6.34. The van der Waals surface area contributed by atoms with Gasteiger partial charge in [-0.3, -0.25) is 9.69 Å². The Hall–Kier alpha value is -3.39. The number of amides is 1. The maximum atomic E-state index is 13.1. The van der Waals surface area contributed by atoms with Crippen LogP contribution in [0.25, 0.3) is 11.4 Å². The fraction of sp³-hybridized carbons (Fsp3) is 0.400. The Balaban J connectivity index is 1.14. The molecule has 1 atom stereocenters. The van der Waals surface area contributed by atoms with Gasteiger partial charge in [-0.05, 0) is 37.1 Å². The average Bonchev–Trinajstić information content (AvgIpc) is 3.32. The summed E-state index contributed by atoms with van der Waals surface area (Å²) in [6, 6.07) is 13.8. The molecule has 8 nitrogen and oxygen atoms in total. The molecule has 3 aromatic rings. The van der Waals surface area contributed by atoms with Crippen molar-refractivity contribution < 1.29 is 18.8 Å². The van der Waals surface area contributed by atoms with E-state index in [-0.39, 0.29) is 11.8 Å². The Bertz CT molecular complexity index is 1120. The fourth-order valence-corrected chi connectivity index (χ4v) is 4.37. The molecular formula is C25H28N4O4. The van der Waals surface area contributed by atoms with Crippen molar-refractivity contribution in [3.63, 3.8) is 0 Å². The monoisotopic (exact) mass is 448 g/mol. The Morgan fingerprint density at radius 3 is 2.67 bits per heavy atom. The third kappa shape index (κ3) is 4.71. The molecule has 1 aromatic heterocycles. The first-order chi connectivity index (χ1) is 16.1. The molecule has 1 unspecified atom stereocenters. The fourth-order valence-electron chi connectivity index (χ4n) is 4.37. The molecule has 2 aliphatic heterocycles. The minimum absolute atomic E-state index is 0.155. The van der Waals surface area contributed by atoms with Crippen LogP contribution in [0.15, 0.2) is 47.0 Å². The summed E-state index contributed by atoms with van der Waals surface area (Å²) in [5, 5.41) is 4.12. The van der Waals surface area contributed by atoms with Crippen LogP contribution in [-0.4, -0.2) is 65.7 Å². The lowest BCUT2D eigenvalue weighted by atomic mass is 9.95. The smallest absolute Gasteiger partial charge is 0.241 e. The zero-order valence-corrected chi connectivity index (χ0v) is 19.0. The second-order valence-electron chi connectivity index (χ2n) is 8.66. The van der Waals surface area contributed by atoms with Crippen LogP contribution in [0, 0.1) is 12.8 Å². The van der Waals surface area contributed by atoms with Crippen LogP contribution in [0.5, 0.6) is 11.5 Å². The van der Waals surface area contributed by atoms with Gasteiger partial charge >= 0.3 is 0 Å². The van der Waals surface area contributed by atoms with Crippen LogP contribution in [0.1, 0.15) is 17.0 Å². The number of fused-ring (bicyclic) bond motifs is 1. The van der Waals surface area contributed by atoms with E-state index in [0.29, 0.717) is 44.4 Å². The first-order valence-corrected chi connectivity index (χ1v) is 11.3. The number of rotatable bonds is 5. The van der Waals surface area contributed by atoms with E-state index in [0.717, 1.165) is 35.7 Å². The molecule has 172 valence electrons. The second-order valence-corrected chi connectivity index (χ2v) is 8.66. The Morgan fingerprint density at radius 2 is 1.91 bits per heavy atom. The molecule has 33 heavy (non-hydrogen) atoms. The van der Waals surface area contributed by atoms with Gasteiger partial charge in [0.05, 0.1) is 19.6 Å². The maximum Gasteiger partial charge on any atom is 0.241 e. The van der Waals surface area contributed by atoms with Crippen molar-refractivity contribution in [3.05, 3.63) is 59.5 Å². The molecule has 2 aliphatic rings. The lowest BCUT2D eigenvalue weighted by Gasteiger charge is -2.36. The molecule has 1 amide bonds. The topological polar surface area (TPSA) is 80.9 Å². The van der Waals surface area contributed by atoms with Crippen LogP contribution in [0.2, 0.25) is 0 Å². The van der Waals surface area contributed by atoms with Crippen LogP contribution in [-0.2, 0) is 17.8 Å². The molecule has 0 bridgehead atoms. The van der Waals surface area contributed by atoms with Crippen molar-refractivity contribution >= 4 is 5.91 Å². The number of hydrogen-bond donors (Lipinski definition) is 0. The van der Waals surface area contributed by atoms with Gasteiger partial charge in [0.2, 0.25) is 17.6 Å². The molecule has 5 rings (SSSR count). The molecule has 1 fully saturated rings. The normalized spacial score (nSPS) is 18.5. The molecule has 0 aliphatic carbocycles. The summed E-state index contributed by atoms with van der Waals surface area (Å²) >= 11 is 0. The SMILES string of the molecule is COc1ccc2c(c1)CC(C(=O)N1CCN(Cc3nc(-c4ccc(C)cc4)no3)CC1)CO2. The number of aryl methyl sites for hydroxylation is 1. The van der Waals surface area contributed by atoms with Crippen LogP contribution in [0.3, 0.4) is 0 Å². The van der Waals surface area contributed by atoms with Crippen LogP contribution < -0.4 is 9.47 Å². The van der Waals surface area contributed by atoms with Gasteiger partial charge in [-0.15, -0.1) is 0 Å². The van der Waals surface area contributed by atoms with Gasteiger partial charge in [-0.1, -0.05) is 35.0 Å². The minimum atomic E-state index is -0.163. The predicted octanol–water partition coefficient (Wildman–Crippen LogP) is 2.95. The summed E-state index contributed by atoms with van der Waals surface area (Å²) in [5.74, 6) is 2.82. The summed E-state index contributed by atoms with van der Waals surface area (Å²) in [6.07, 6.45) is 0.676. The maximum absolute atomic E-state index is 13.1. The zero-order valence-electron chi connectivity index (χ0n) is 19.0. The first kappa shape index (κ1) is 21.5. The first-order valence-electron chi connectivity index (χ1n) is 11.3. The summed E-state index contributed by atoms with van der Waals surface area (Å²) in [4.78, 5) is 21.9. The highest BCUT2D eigenvalue weighted by atomic mass is 16.5. The van der Waals surface area contributed by atoms with Crippen molar-refractivity contribution in [2.45, 2.75) is 19.9 Å². The molecule has 2 aromatic carbocycles. The van der Waals surface area contributed by atoms with Crippen molar-refractivity contribution in [3.8, 4) is 22.9 Å². The predicted molar refractivity (Wildman–Crippen MR) is 122 cm³/mol.